The van der Waals surface area contributed by atoms with Crippen LogP contribution in [-0.4, -0.2) is 0 Å². The van der Waals surface area contributed by atoms with Gasteiger partial charge in [-0.3, -0.25) is 0 Å². The third-order valence-electron chi connectivity index (χ3n) is 2.92. The van der Waals surface area contributed by atoms with Crippen molar-refractivity contribution in [2.24, 2.45) is 0 Å². The first kappa shape index (κ1) is 13.1. The minimum atomic E-state index is -0.645. The van der Waals surface area contributed by atoms with Gasteiger partial charge >= 0.3 is 0 Å². The zero-order valence-electron chi connectivity index (χ0n) is 10.3. The quantitative estimate of drug-likeness (QED) is 0.720. The third-order valence-corrected chi connectivity index (χ3v) is 3.55. The van der Waals surface area contributed by atoms with E-state index in [9.17, 15) is 8.78 Å². The lowest BCUT2D eigenvalue weighted by atomic mass is 10.2. The average molecular weight is 338 g/mol. The van der Waals surface area contributed by atoms with Crippen molar-refractivity contribution in [1.29, 1.82) is 0 Å². The molecule has 5 heteroatoms. The number of hydrogen-bond donors (Lipinski definition) is 1. The van der Waals surface area contributed by atoms with Crippen LogP contribution in [0.5, 0.6) is 0 Å². The molecule has 0 radical (unpaired) electrons. The number of anilines is 1. The molecule has 0 saturated carbocycles. The van der Waals surface area contributed by atoms with E-state index in [1.54, 1.807) is 0 Å². The first-order chi connectivity index (χ1) is 9.63. The van der Waals surface area contributed by atoms with Gasteiger partial charge in [-0.1, -0.05) is 18.2 Å². The monoisotopic (exact) mass is 337 g/mol. The van der Waals surface area contributed by atoms with Crippen molar-refractivity contribution in [3.05, 3.63) is 64.3 Å². The number of para-hydroxylation sites is 1. The van der Waals surface area contributed by atoms with Gasteiger partial charge in [0, 0.05) is 15.9 Å². The normalized spacial score (nSPS) is 10.9. The second-order valence-electron chi connectivity index (χ2n) is 4.35. The highest BCUT2D eigenvalue weighted by Gasteiger charge is 2.10. The molecule has 3 rings (SSSR count). The molecule has 0 unspecified atom stereocenters. The molecule has 1 heterocycles. The highest BCUT2D eigenvalue weighted by molar-refractivity contribution is 9.10. The Labute approximate surface area is 122 Å². The van der Waals surface area contributed by atoms with E-state index in [2.05, 4.69) is 21.2 Å². The molecule has 2 aromatic carbocycles. The SMILES string of the molecule is Fc1cc(F)c(NCc2cc3ccccc3o2)c(Br)c1. The molecular formula is C15H10BrF2NO. The van der Waals surface area contributed by atoms with E-state index in [1.807, 2.05) is 30.3 Å². The Bertz CT molecular complexity index is 713. The first-order valence-electron chi connectivity index (χ1n) is 5.99. The van der Waals surface area contributed by atoms with Gasteiger partial charge in [-0.15, -0.1) is 0 Å². The fourth-order valence-electron chi connectivity index (χ4n) is 2.01. The van der Waals surface area contributed by atoms with Crippen LogP contribution in [0, 0.1) is 11.6 Å². The van der Waals surface area contributed by atoms with Gasteiger partial charge in [0.2, 0.25) is 0 Å². The Morgan fingerprint density at radius 3 is 2.65 bits per heavy atom. The molecule has 1 N–H and O–H groups in total. The molecule has 0 fully saturated rings. The van der Waals surface area contributed by atoms with E-state index in [0.29, 0.717) is 16.8 Å². The molecule has 0 spiro atoms. The molecule has 0 aliphatic rings. The molecule has 2 nitrogen and oxygen atoms in total. The number of fused-ring (bicyclic) bond motifs is 1. The molecule has 0 aliphatic heterocycles. The van der Waals surface area contributed by atoms with Gasteiger partial charge < -0.3 is 9.73 Å². The maximum Gasteiger partial charge on any atom is 0.150 e. The van der Waals surface area contributed by atoms with Crippen molar-refractivity contribution >= 4 is 32.6 Å². The smallest absolute Gasteiger partial charge is 0.150 e. The van der Waals surface area contributed by atoms with Crippen LogP contribution in [0.25, 0.3) is 11.0 Å². The lowest BCUT2D eigenvalue weighted by molar-refractivity contribution is 0.556. The van der Waals surface area contributed by atoms with Crippen LogP contribution >= 0.6 is 15.9 Å². The van der Waals surface area contributed by atoms with Crippen LogP contribution in [0.3, 0.4) is 0 Å². The predicted octanol–water partition coefficient (Wildman–Crippen LogP) is 5.09. The molecule has 0 amide bonds. The molecule has 1 aromatic heterocycles. The maximum atomic E-state index is 13.7. The van der Waals surface area contributed by atoms with Gasteiger partial charge in [0.1, 0.15) is 23.0 Å². The van der Waals surface area contributed by atoms with E-state index in [4.69, 9.17) is 4.42 Å². The molecular weight excluding hydrogens is 328 g/mol. The van der Waals surface area contributed by atoms with Crippen molar-refractivity contribution in [2.75, 3.05) is 5.32 Å². The summed E-state index contributed by atoms with van der Waals surface area (Å²) in [6.45, 7) is 0.315. The standard InChI is InChI=1S/C15H10BrF2NO/c16-12-6-10(17)7-13(18)15(12)19-8-11-5-9-3-1-2-4-14(9)20-11/h1-7,19H,8H2. The number of furan rings is 1. The second kappa shape index (κ2) is 5.25. The van der Waals surface area contributed by atoms with Gasteiger partial charge in [-0.05, 0) is 34.1 Å². The Kier molecular flexibility index (Phi) is 3.44. The van der Waals surface area contributed by atoms with Crippen molar-refractivity contribution in [3.8, 4) is 0 Å². The van der Waals surface area contributed by atoms with Crippen molar-refractivity contribution in [1.82, 2.24) is 0 Å². The summed E-state index contributed by atoms with van der Waals surface area (Å²) in [5.41, 5.74) is 0.995. The van der Waals surface area contributed by atoms with Gasteiger partial charge in [0.05, 0.1) is 12.2 Å². The lowest BCUT2D eigenvalue weighted by Gasteiger charge is -2.08. The molecule has 0 saturated heterocycles. The van der Waals surface area contributed by atoms with Crippen molar-refractivity contribution < 1.29 is 13.2 Å². The van der Waals surface area contributed by atoms with Crippen molar-refractivity contribution in [3.63, 3.8) is 0 Å². The summed E-state index contributed by atoms with van der Waals surface area (Å²) in [6, 6.07) is 11.6. The van der Waals surface area contributed by atoms with E-state index in [0.717, 1.165) is 17.0 Å². The first-order valence-corrected chi connectivity index (χ1v) is 6.78. The predicted molar refractivity (Wildman–Crippen MR) is 77.6 cm³/mol. The number of halogens is 3. The molecule has 0 aliphatic carbocycles. The molecule has 0 atom stereocenters. The molecule has 102 valence electrons. The Morgan fingerprint density at radius 1 is 1.10 bits per heavy atom. The van der Waals surface area contributed by atoms with Crippen LogP contribution in [0.1, 0.15) is 5.76 Å². The van der Waals surface area contributed by atoms with E-state index < -0.39 is 11.6 Å². The summed E-state index contributed by atoms with van der Waals surface area (Å²) in [5.74, 6) is -0.585. The fourth-order valence-corrected chi connectivity index (χ4v) is 2.56. The number of hydrogen-bond acceptors (Lipinski definition) is 2. The summed E-state index contributed by atoms with van der Waals surface area (Å²) in [5, 5.41) is 3.89. The number of nitrogens with one attached hydrogen (secondary N) is 1. The highest BCUT2D eigenvalue weighted by atomic mass is 79.9. The second-order valence-corrected chi connectivity index (χ2v) is 5.20. The van der Waals surface area contributed by atoms with Crippen molar-refractivity contribution in [2.45, 2.75) is 6.54 Å². The van der Waals surface area contributed by atoms with Crippen LogP contribution < -0.4 is 5.32 Å². The summed E-state index contributed by atoms with van der Waals surface area (Å²) in [4.78, 5) is 0. The Hall–Kier alpha value is -1.88. The van der Waals surface area contributed by atoms with Gasteiger partial charge in [-0.2, -0.15) is 0 Å². The minimum Gasteiger partial charge on any atom is -0.459 e. The summed E-state index contributed by atoms with van der Waals surface area (Å²) in [6.07, 6.45) is 0. The number of rotatable bonds is 3. The maximum absolute atomic E-state index is 13.7. The summed E-state index contributed by atoms with van der Waals surface area (Å²) < 4.78 is 32.6. The highest BCUT2D eigenvalue weighted by Crippen LogP contribution is 2.28. The fraction of sp³-hybridized carbons (Fsp3) is 0.0667. The van der Waals surface area contributed by atoms with E-state index >= 15 is 0 Å². The molecule has 0 bridgehead atoms. The zero-order chi connectivity index (χ0) is 14.1. The van der Waals surface area contributed by atoms with Crippen LogP contribution in [-0.2, 0) is 6.54 Å². The van der Waals surface area contributed by atoms with Crippen LogP contribution in [0.2, 0.25) is 0 Å². The molecule has 3 aromatic rings. The van der Waals surface area contributed by atoms with E-state index in [-0.39, 0.29) is 5.69 Å². The van der Waals surface area contributed by atoms with Gasteiger partial charge in [-0.25, -0.2) is 8.78 Å². The Balaban J connectivity index is 1.83. The van der Waals surface area contributed by atoms with Crippen LogP contribution in [0.15, 0.2) is 51.4 Å². The summed E-state index contributed by atoms with van der Waals surface area (Å²) >= 11 is 3.13. The number of benzene rings is 2. The topological polar surface area (TPSA) is 25.2 Å². The Morgan fingerprint density at radius 2 is 1.90 bits per heavy atom. The lowest BCUT2D eigenvalue weighted by Crippen LogP contribution is -2.02. The van der Waals surface area contributed by atoms with Gasteiger partial charge in [0.25, 0.3) is 0 Å². The van der Waals surface area contributed by atoms with Crippen LogP contribution in [0.4, 0.5) is 14.5 Å². The molecule has 20 heavy (non-hydrogen) atoms. The third kappa shape index (κ3) is 2.54. The summed E-state index contributed by atoms with van der Waals surface area (Å²) in [7, 11) is 0. The van der Waals surface area contributed by atoms with E-state index in [1.165, 1.54) is 6.07 Å². The zero-order valence-corrected chi connectivity index (χ0v) is 11.9. The average Bonchev–Trinajstić information content (AvgIpc) is 2.80. The largest absolute Gasteiger partial charge is 0.459 e. The van der Waals surface area contributed by atoms with Gasteiger partial charge in [0.15, 0.2) is 0 Å². The minimum absolute atomic E-state index is 0.215.